The second-order valence-corrected chi connectivity index (χ2v) is 6.38. The molecule has 0 saturated carbocycles. The molecule has 4 aromatic rings. The fraction of sp³-hybridized carbons (Fsp3) is 0. The third-order valence-corrected chi connectivity index (χ3v) is 4.39. The number of hydrogen-bond donors (Lipinski definition) is 2. The first-order chi connectivity index (χ1) is 14.2. The van der Waals surface area contributed by atoms with Gasteiger partial charge in [0.05, 0.1) is 6.26 Å². The molecule has 2 N–H and O–H groups in total. The molecular formula is C24H18N2O3. The summed E-state index contributed by atoms with van der Waals surface area (Å²) >= 11 is 0. The highest BCUT2D eigenvalue weighted by molar-refractivity contribution is 6.08. The Hall–Kier alpha value is -4.12. The quantitative estimate of drug-likeness (QED) is 0.482. The van der Waals surface area contributed by atoms with E-state index < -0.39 is 0 Å². The minimum absolute atomic E-state index is 0.205. The summed E-state index contributed by atoms with van der Waals surface area (Å²) in [6, 6.07) is 27.5. The van der Waals surface area contributed by atoms with Crippen LogP contribution in [0.3, 0.4) is 0 Å². The average molecular weight is 382 g/mol. The zero-order valence-electron chi connectivity index (χ0n) is 15.5. The number of furan rings is 1. The lowest BCUT2D eigenvalue weighted by Crippen LogP contribution is -2.14. The molecule has 5 heteroatoms. The molecule has 4 rings (SSSR count). The van der Waals surface area contributed by atoms with Crippen LogP contribution < -0.4 is 10.6 Å². The van der Waals surface area contributed by atoms with Crippen molar-refractivity contribution in [2.75, 3.05) is 10.6 Å². The van der Waals surface area contributed by atoms with E-state index in [9.17, 15) is 9.59 Å². The molecule has 0 atom stereocenters. The SMILES string of the molecule is O=C(Nc1ccccc1-c1ccccc1)c1cccc(NC(=O)c2ccco2)c1. The summed E-state index contributed by atoms with van der Waals surface area (Å²) in [5.74, 6) is -0.430. The molecule has 1 heterocycles. The van der Waals surface area contributed by atoms with Gasteiger partial charge in [-0.25, -0.2) is 0 Å². The summed E-state index contributed by atoms with van der Waals surface area (Å²) in [4.78, 5) is 25.0. The van der Waals surface area contributed by atoms with E-state index in [-0.39, 0.29) is 17.6 Å². The van der Waals surface area contributed by atoms with E-state index in [4.69, 9.17) is 4.42 Å². The van der Waals surface area contributed by atoms with Gasteiger partial charge in [0.15, 0.2) is 5.76 Å². The first kappa shape index (κ1) is 18.3. The van der Waals surface area contributed by atoms with Crippen molar-refractivity contribution >= 4 is 23.2 Å². The van der Waals surface area contributed by atoms with Crippen molar-refractivity contribution in [3.8, 4) is 11.1 Å². The Kier molecular flexibility index (Phi) is 5.21. The number of rotatable bonds is 5. The maximum atomic E-state index is 12.8. The number of carbonyl (C=O) groups excluding carboxylic acids is 2. The predicted molar refractivity (Wildman–Crippen MR) is 113 cm³/mol. The molecule has 1 aromatic heterocycles. The molecule has 0 radical (unpaired) electrons. The molecule has 142 valence electrons. The number of carbonyl (C=O) groups is 2. The summed E-state index contributed by atoms with van der Waals surface area (Å²) in [6.45, 7) is 0. The van der Waals surface area contributed by atoms with Crippen LogP contribution in [-0.4, -0.2) is 11.8 Å². The molecule has 0 saturated heterocycles. The van der Waals surface area contributed by atoms with Gasteiger partial charge in [0, 0.05) is 22.5 Å². The van der Waals surface area contributed by atoms with Crippen LogP contribution in [0.4, 0.5) is 11.4 Å². The smallest absolute Gasteiger partial charge is 0.291 e. The maximum absolute atomic E-state index is 12.8. The molecule has 0 bridgehead atoms. The third-order valence-electron chi connectivity index (χ3n) is 4.39. The van der Waals surface area contributed by atoms with Crippen molar-refractivity contribution in [1.82, 2.24) is 0 Å². The van der Waals surface area contributed by atoms with Gasteiger partial charge in [-0.1, -0.05) is 54.6 Å². The van der Waals surface area contributed by atoms with Crippen molar-refractivity contribution in [3.05, 3.63) is 109 Å². The van der Waals surface area contributed by atoms with Crippen LogP contribution in [0.15, 0.2) is 102 Å². The molecule has 0 fully saturated rings. The van der Waals surface area contributed by atoms with Gasteiger partial charge in [0.25, 0.3) is 11.8 Å². The van der Waals surface area contributed by atoms with E-state index in [0.717, 1.165) is 11.1 Å². The fourth-order valence-electron chi connectivity index (χ4n) is 2.99. The van der Waals surface area contributed by atoms with Crippen molar-refractivity contribution in [1.29, 1.82) is 0 Å². The van der Waals surface area contributed by atoms with Crippen LogP contribution in [0.25, 0.3) is 11.1 Å². The molecule has 0 spiro atoms. The van der Waals surface area contributed by atoms with Gasteiger partial charge in [0.2, 0.25) is 0 Å². The summed E-state index contributed by atoms with van der Waals surface area (Å²) < 4.78 is 5.09. The second kappa shape index (κ2) is 8.27. The molecule has 29 heavy (non-hydrogen) atoms. The van der Waals surface area contributed by atoms with E-state index in [1.807, 2.05) is 54.6 Å². The van der Waals surface area contributed by atoms with Crippen molar-refractivity contribution in [2.24, 2.45) is 0 Å². The number of hydrogen-bond acceptors (Lipinski definition) is 3. The topological polar surface area (TPSA) is 71.3 Å². The second-order valence-electron chi connectivity index (χ2n) is 6.38. The molecule has 2 amide bonds. The zero-order chi connectivity index (χ0) is 20.1. The van der Waals surface area contributed by atoms with Gasteiger partial charge in [-0.05, 0) is 42.0 Å². The lowest BCUT2D eigenvalue weighted by molar-refractivity contribution is 0.0993. The van der Waals surface area contributed by atoms with E-state index in [1.165, 1.54) is 6.26 Å². The Bertz CT molecular complexity index is 1140. The van der Waals surface area contributed by atoms with E-state index >= 15 is 0 Å². The molecular weight excluding hydrogens is 364 g/mol. The summed E-state index contributed by atoms with van der Waals surface area (Å²) in [5, 5.41) is 5.69. The van der Waals surface area contributed by atoms with Crippen molar-refractivity contribution < 1.29 is 14.0 Å². The highest BCUT2D eigenvalue weighted by atomic mass is 16.3. The summed E-state index contributed by atoms with van der Waals surface area (Å²) in [5.41, 5.74) is 3.61. The maximum Gasteiger partial charge on any atom is 0.291 e. The number of amides is 2. The lowest BCUT2D eigenvalue weighted by atomic mass is 10.0. The van der Waals surface area contributed by atoms with E-state index in [0.29, 0.717) is 16.9 Å². The van der Waals surface area contributed by atoms with E-state index in [1.54, 1.807) is 36.4 Å². The highest BCUT2D eigenvalue weighted by Gasteiger charge is 2.13. The Balaban J connectivity index is 1.54. The van der Waals surface area contributed by atoms with Gasteiger partial charge in [-0.15, -0.1) is 0 Å². The van der Waals surface area contributed by atoms with Gasteiger partial charge in [-0.2, -0.15) is 0 Å². The van der Waals surface area contributed by atoms with Gasteiger partial charge in [0.1, 0.15) is 0 Å². The Morgan fingerprint density at radius 3 is 2.28 bits per heavy atom. The minimum atomic E-state index is -0.373. The fourth-order valence-corrected chi connectivity index (χ4v) is 2.99. The number of benzene rings is 3. The first-order valence-electron chi connectivity index (χ1n) is 9.11. The number of anilines is 2. The monoisotopic (exact) mass is 382 g/mol. The van der Waals surface area contributed by atoms with Gasteiger partial charge >= 0.3 is 0 Å². The molecule has 0 aliphatic rings. The first-order valence-corrected chi connectivity index (χ1v) is 9.11. The van der Waals surface area contributed by atoms with E-state index in [2.05, 4.69) is 10.6 Å². The van der Waals surface area contributed by atoms with Crippen LogP contribution >= 0.6 is 0 Å². The highest BCUT2D eigenvalue weighted by Crippen LogP contribution is 2.28. The van der Waals surface area contributed by atoms with Gasteiger partial charge < -0.3 is 15.1 Å². The van der Waals surface area contributed by atoms with Crippen LogP contribution in [-0.2, 0) is 0 Å². The molecule has 0 unspecified atom stereocenters. The molecule has 3 aromatic carbocycles. The molecule has 5 nitrogen and oxygen atoms in total. The predicted octanol–water partition coefficient (Wildman–Crippen LogP) is 5.45. The zero-order valence-corrected chi connectivity index (χ0v) is 15.5. The number of nitrogens with one attached hydrogen (secondary N) is 2. The third kappa shape index (κ3) is 4.25. The molecule has 0 aliphatic heterocycles. The van der Waals surface area contributed by atoms with Crippen molar-refractivity contribution in [2.45, 2.75) is 0 Å². The Labute approximate surface area is 168 Å². The minimum Gasteiger partial charge on any atom is -0.459 e. The lowest BCUT2D eigenvalue weighted by Gasteiger charge is -2.12. The standard InChI is InChI=1S/C24H18N2O3/c27-23(26-21-13-5-4-12-20(21)17-8-2-1-3-9-17)18-10-6-11-19(16-18)25-24(28)22-14-7-15-29-22/h1-16H,(H,25,28)(H,26,27). The summed E-state index contributed by atoms with van der Waals surface area (Å²) in [7, 11) is 0. The Morgan fingerprint density at radius 2 is 1.48 bits per heavy atom. The van der Waals surface area contributed by atoms with Crippen LogP contribution in [0.1, 0.15) is 20.9 Å². The largest absolute Gasteiger partial charge is 0.459 e. The Morgan fingerprint density at radius 1 is 0.690 bits per heavy atom. The van der Waals surface area contributed by atoms with Crippen LogP contribution in [0.5, 0.6) is 0 Å². The average Bonchev–Trinajstić information content (AvgIpc) is 3.30. The van der Waals surface area contributed by atoms with Gasteiger partial charge in [-0.3, -0.25) is 9.59 Å². The van der Waals surface area contributed by atoms with Crippen molar-refractivity contribution in [3.63, 3.8) is 0 Å². The normalized spacial score (nSPS) is 10.3. The summed E-state index contributed by atoms with van der Waals surface area (Å²) in [6.07, 6.45) is 1.43. The van der Waals surface area contributed by atoms with Crippen LogP contribution in [0.2, 0.25) is 0 Å². The van der Waals surface area contributed by atoms with Crippen LogP contribution in [0, 0.1) is 0 Å². The number of para-hydroxylation sites is 1. The molecule has 0 aliphatic carbocycles.